The highest BCUT2D eigenvalue weighted by molar-refractivity contribution is 6.39. The van der Waals surface area contributed by atoms with Gasteiger partial charge in [-0.15, -0.1) is 0 Å². The molecule has 0 aromatic heterocycles. The quantitative estimate of drug-likeness (QED) is 0.423. The number of benzene rings is 2. The van der Waals surface area contributed by atoms with E-state index >= 15 is 0 Å². The van der Waals surface area contributed by atoms with Crippen molar-refractivity contribution in [3.63, 3.8) is 0 Å². The molecule has 2 aliphatic heterocycles. The SMILES string of the molecule is COCC(=O)N1C=C(c2ccccc2)N(CC(=O)N[C@@H](Cc2ccccc2)C(=O)C2=NC3(CCCC3)CO2)C(=O)C1C(C)C. The van der Waals surface area contributed by atoms with Gasteiger partial charge in [-0.2, -0.15) is 0 Å². The third-order valence-corrected chi connectivity index (χ3v) is 8.43. The zero-order valence-electron chi connectivity index (χ0n) is 25.5. The molecule has 232 valence electrons. The highest BCUT2D eigenvalue weighted by atomic mass is 16.5. The van der Waals surface area contributed by atoms with Crippen LogP contribution in [0.2, 0.25) is 0 Å². The lowest BCUT2D eigenvalue weighted by molar-refractivity contribution is -0.147. The van der Waals surface area contributed by atoms with E-state index in [2.05, 4.69) is 5.32 Å². The van der Waals surface area contributed by atoms with Crippen molar-refractivity contribution < 1.29 is 28.7 Å². The van der Waals surface area contributed by atoms with Gasteiger partial charge in [0, 0.05) is 19.7 Å². The molecule has 3 amide bonds. The second-order valence-corrected chi connectivity index (χ2v) is 12.0. The van der Waals surface area contributed by atoms with Crippen LogP contribution >= 0.6 is 0 Å². The highest BCUT2D eigenvalue weighted by Gasteiger charge is 2.44. The Kier molecular flexibility index (Phi) is 9.58. The first-order chi connectivity index (χ1) is 21.2. The first kappa shape index (κ1) is 31.1. The fourth-order valence-electron chi connectivity index (χ4n) is 6.20. The molecule has 1 aliphatic carbocycles. The Labute approximate surface area is 258 Å². The first-order valence-corrected chi connectivity index (χ1v) is 15.2. The Bertz CT molecular complexity index is 1430. The van der Waals surface area contributed by atoms with Crippen molar-refractivity contribution in [1.82, 2.24) is 15.1 Å². The number of Topliss-reactive ketones (excluding diaryl/α,β-unsaturated/α-hetero) is 1. The number of ketones is 1. The van der Waals surface area contributed by atoms with E-state index in [4.69, 9.17) is 14.5 Å². The Morgan fingerprint density at radius 2 is 1.70 bits per heavy atom. The summed E-state index contributed by atoms with van der Waals surface area (Å²) in [6.07, 6.45) is 5.71. The van der Waals surface area contributed by atoms with E-state index in [9.17, 15) is 19.2 Å². The van der Waals surface area contributed by atoms with Crippen LogP contribution in [-0.4, -0.2) is 83.7 Å². The third kappa shape index (κ3) is 6.75. The van der Waals surface area contributed by atoms with Gasteiger partial charge in [0.1, 0.15) is 31.8 Å². The topological polar surface area (TPSA) is 118 Å². The van der Waals surface area contributed by atoms with Crippen LogP contribution in [0.4, 0.5) is 0 Å². The van der Waals surface area contributed by atoms with Gasteiger partial charge < -0.3 is 19.7 Å². The molecule has 3 aliphatic rings. The van der Waals surface area contributed by atoms with Crippen molar-refractivity contribution >= 4 is 35.1 Å². The molecular formula is C34H40N4O6. The summed E-state index contributed by atoms with van der Waals surface area (Å²) in [6.45, 7) is 3.55. The van der Waals surface area contributed by atoms with E-state index in [-0.39, 0.29) is 48.6 Å². The van der Waals surface area contributed by atoms with E-state index in [0.717, 1.165) is 31.2 Å². The summed E-state index contributed by atoms with van der Waals surface area (Å²) in [5.74, 6) is -1.83. The molecule has 2 aromatic rings. The predicted molar refractivity (Wildman–Crippen MR) is 165 cm³/mol. The van der Waals surface area contributed by atoms with Crippen LogP contribution in [0.15, 0.2) is 71.9 Å². The summed E-state index contributed by atoms with van der Waals surface area (Å²) >= 11 is 0. The van der Waals surface area contributed by atoms with E-state index < -0.39 is 23.9 Å². The van der Waals surface area contributed by atoms with Crippen molar-refractivity contribution in [2.45, 2.75) is 63.6 Å². The number of rotatable bonds is 11. The van der Waals surface area contributed by atoms with Crippen molar-refractivity contribution in [3.8, 4) is 0 Å². The second kappa shape index (κ2) is 13.5. The molecule has 5 rings (SSSR count). The zero-order chi connectivity index (χ0) is 31.3. The number of hydrogen-bond acceptors (Lipinski definition) is 7. The molecule has 1 saturated carbocycles. The minimum absolute atomic E-state index is 0.0548. The molecule has 1 fully saturated rings. The number of ether oxygens (including phenoxy) is 2. The number of amides is 3. The summed E-state index contributed by atoms with van der Waals surface area (Å²) in [4.78, 5) is 62.1. The van der Waals surface area contributed by atoms with Gasteiger partial charge >= 0.3 is 0 Å². The lowest BCUT2D eigenvalue weighted by Gasteiger charge is -2.41. The number of hydrogen-bond donors (Lipinski definition) is 1. The van der Waals surface area contributed by atoms with Crippen LogP contribution in [0.25, 0.3) is 5.70 Å². The summed E-state index contributed by atoms with van der Waals surface area (Å²) in [7, 11) is 1.43. The van der Waals surface area contributed by atoms with E-state index in [0.29, 0.717) is 17.9 Å². The van der Waals surface area contributed by atoms with Crippen molar-refractivity contribution in [2.24, 2.45) is 10.9 Å². The van der Waals surface area contributed by atoms with Crippen LogP contribution in [0, 0.1) is 5.92 Å². The molecule has 2 heterocycles. The average molecular weight is 601 g/mol. The average Bonchev–Trinajstić information content (AvgIpc) is 3.67. The molecule has 0 radical (unpaired) electrons. The maximum absolute atomic E-state index is 14.0. The molecule has 10 nitrogen and oxygen atoms in total. The molecule has 1 N–H and O–H groups in total. The molecule has 2 atom stereocenters. The molecule has 1 spiro atoms. The largest absolute Gasteiger partial charge is 0.473 e. The standard InChI is InChI=1S/C34H40N4O6/c1-23(2)30-33(42)37(27(25-14-8-5-9-15-25)19-38(30)29(40)21-43-3)20-28(39)35-26(18-24-12-6-4-7-13-24)31(41)32-36-34(22-44-32)16-10-11-17-34/h4-9,12-15,19,23,26,30H,10-11,16-18,20-22H2,1-3H3,(H,35,39)/t26-,30?/m0/s1. The van der Waals surface area contributed by atoms with Crippen molar-refractivity contribution in [3.05, 3.63) is 78.0 Å². The number of methoxy groups -OCH3 is 1. The lowest BCUT2D eigenvalue weighted by Crippen LogP contribution is -2.57. The van der Waals surface area contributed by atoms with Gasteiger partial charge in [-0.05, 0) is 29.9 Å². The minimum atomic E-state index is -0.940. The van der Waals surface area contributed by atoms with E-state index in [1.165, 1.54) is 16.9 Å². The van der Waals surface area contributed by atoms with Crippen LogP contribution in [0.3, 0.4) is 0 Å². The Morgan fingerprint density at radius 1 is 1.05 bits per heavy atom. The van der Waals surface area contributed by atoms with E-state index in [1.807, 2.05) is 74.5 Å². The Balaban J connectivity index is 1.43. The molecule has 1 unspecified atom stereocenters. The highest BCUT2D eigenvalue weighted by Crippen LogP contribution is 2.37. The normalized spacial score (nSPS) is 19.9. The number of carbonyl (C=O) groups excluding carboxylic acids is 4. The van der Waals surface area contributed by atoms with Gasteiger partial charge in [0.15, 0.2) is 0 Å². The van der Waals surface area contributed by atoms with Gasteiger partial charge in [0.05, 0.1) is 11.2 Å². The first-order valence-electron chi connectivity index (χ1n) is 15.2. The Morgan fingerprint density at radius 3 is 2.34 bits per heavy atom. The summed E-state index contributed by atoms with van der Waals surface area (Å²) < 4.78 is 10.9. The van der Waals surface area contributed by atoms with Gasteiger partial charge in [0.2, 0.25) is 11.7 Å². The van der Waals surface area contributed by atoms with Gasteiger partial charge in [-0.3, -0.25) is 24.1 Å². The number of carbonyl (C=O) groups is 4. The molecule has 44 heavy (non-hydrogen) atoms. The molecule has 0 saturated heterocycles. The van der Waals surface area contributed by atoms with Crippen LogP contribution in [0.5, 0.6) is 0 Å². The van der Waals surface area contributed by atoms with Crippen LogP contribution < -0.4 is 5.32 Å². The predicted octanol–water partition coefficient (Wildman–Crippen LogP) is 3.36. The second-order valence-electron chi connectivity index (χ2n) is 12.0. The minimum Gasteiger partial charge on any atom is -0.473 e. The maximum Gasteiger partial charge on any atom is 0.256 e. The summed E-state index contributed by atoms with van der Waals surface area (Å²) in [6, 6.07) is 16.8. The smallest absolute Gasteiger partial charge is 0.256 e. The number of nitrogens with one attached hydrogen (secondary N) is 1. The maximum atomic E-state index is 14.0. The van der Waals surface area contributed by atoms with Crippen LogP contribution in [-0.2, 0) is 35.1 Å². The summed E-state index contributed by atoms with van der Waals surface area (Å²) in [5, 5.41) is 2.89. The van der Waals surface area contributed by atoms with E-state index in [1.54, 1.807) is 6.20 Å². The summed E-state index contributed by atoms with van der Waals surface area (Å²) in [5.41, 5.74) is 1.59. The molecule has 2 aromatic carbocycles. The zero-order valence-corrected chi connectivity index (χ0v) is 25.5. The van der Waals surface area contributed by atoms with Gasteiger partial charge in [-0.1, -0.05) is 87.4 Å². The fraction of sp³-hybridized carbons (Fsp3) is 0.441. The van der Waals surface area contributed by atoms with Gasteiger partial charge in [0.25, 0.3) is 17.7 Å². The Hall–Kier alpha value is -4.31. The third-order valence-electron chi connectivity index (χ3n) is 8.43. The number of aliphatic imine (C=N–C) groups is 1. The molecule has 10 heteroatoms. The molecule has 0 bridgehead atoms. The number of nitrogens with zero attached hydrogens (tertiary/aromatic N) is 3. The van der Waals surface area contributed by atoms with Crippen molar-refractivity contribution in [2.75, 3.05) is 26.9 Å². The monoisotopic (exact) mass is 600 g/mol. The fourth-order valence-corrected chi connectivity index (χ4v) is 6.20. The van der Waals surface area contributed by atoms with Gasteiger partial charge in [-0.25, -0.2) is 4.99 Å². The van der Waals surface area contributed by atoms with Crippen LogP contribution in [0.1, 0.15) is 50.7 Å². The molecular weight excluding hydrogens is 560 g/mol. The van der Waals surface area contributed by atoms with Crippen molar-refractivity contribution in [1.29, 1.82) is 0 Å². The lowest BCUT2D eigenvalue weighted by atomic mass is 9.97.